The van der Waals surface area contributed by atoms with Crippen molar-refractivity contribution in [2.24, 2.45) is 5.73 Å². The van der Waals surface area contributed by atoms with Crippen LogP contribution in [0, 0.1) is 0 Å². The third-order valence-corrected chi connectivity index (χ3v) is 2.06. The Morgan fingerprint density at radius 1 is 1.41 bits per heavy atom. The first-order chi connectivity index (χ1) is 8.24. The van der Waals surface area contributed by atoms with Crippen molar-refractivity contribution in [3.8, 4) is 0 Å². The van der Waals surface area contributed by atoms with E-state index >= 15 is 0 Å². The molecule has 0 radical (unpaired) electrons. The topological polar surface area (TPSA) is 61.5 Å². The minimum absolute atomic E-state index is 0.144. The van der Waals surface area contributed by atoms with Crippen molar-refractivity contribution in [1.29, 1.82) is 0 Å². The van der Waals surface area contributed by atoms with Crippen LogP contribution in [0.4, 0.5) is 0 Å². The van der Waals surface area contributed by atoms with Crippen LogP contribution in [-0.4, -0.2) is 25.2 Å². The van der Waals surface area contributed by atoms with Crippen molar-refractivity contribution in [3.63, 3.8) is 0 Å². The van der Waals surface area contributed by atoms with Crippen LogP contribution in [0.1, 0.15) is 5.56 Å². The average Bonchev–Trinajstić information content (AvgIpc) is 2.37. The first-order valence-corrected chi connectivity index (χ1v) is 5.39. The molecule has 0 aliphatic carbocycles. The maximum absolute atomic E-state index is 11.3. The number of benzene rings is 1. The summed E-state index contributed by atoms with van der Waals surface area (Å²) in [5.74, 6) is -0.474. The second-order valence-electron chi connectivity index (χ2n) is 3.53. The lowest BCUT2D eigenvalue weighted by Gasteiger charge is -2.11. The van der Waals surface area contributed by atoms with Crippen LogP contribution in [-0.2, 0) is 20.9 Å². The lowest BCUT2D eigenvalue weighted by Crippen LogP contribution is -2.36. The van der Waals surface area contributed by atoms with E-state index in [9.17, 15) is 4.79 Å². The maximum Gasteiger partial charge on any atom is 0.325 e. The number of esters is 1. The Bertz CT molecular complexity index is 351. The number of carbonyl (C=O) groups excluding carboxylic acids is 1. The van der Waals surface area contributed by atoms with Crippen LogP contribution in [0.3, 0.4) is 0 Å². The first kappa shape index (κ1) is 13.4. The Morgan fingerprint density at radius 2 is 2.12 bits per heavy atom. The molecule has 4 nitrogen and oxygen atoms in total. The van der Waals surface area contributed by atoms with Crippen LogP contribution in [0.2, 0.25) is 0 Å². The third kappa shape index (κ3) is 5.29. The zero-order chi connectivity index (χ0) is 12.5. The highest BCUT2D eigenvalue weighted by atomic mass is 16.5. The maximum atomic E-state index is 11.3. The summed E-state index contributed by atoms with van der Waals surface area (Å²) in [4.78, 5) is 11.3. The quantitative estimate of drug-likeness (QED) is 0.571. The molecule has 1 rings (SSSR count). The first-order valence-electron chi connectivity index (χ1n) is 5.39. The average molecular weight is 235 g/mol. The zero-order valence-electron chi connectivity index (χ0n) is 9.67. The molecule has 0 spiro atoms. The van der Waals surface area contributed by atoms with Gasteiger partial charge in [-0.05, 0) is 5.56 Å². The molecule has 0 aliphatic heterocycles. The summed E-state index contributed by atoms with van der Waals surface area (Å²) >= 11 is 0. The summed E-state index contributed by atoms with van der Waals surface area (Å²) < 4.78 is 10.1. The van der Waals surface area contributed by atoms with Crippen molar-refractivity contribution in [1.82, 2.24) is 0 Å². The van der Waals surface area contributed by atoms with Gasteiger partial charge in [-0.3, -0.25) is 4.79 Å². The summed E-state index contributed by atoms with van der Waals surface area (Å²) in [5.41, 5.74) is 6.63. The van der Waals surface area contributed by atoms with Gasteiger partial charge in [-0.15, -0.1) is 0 Å². The van der Waals surface area contributed by atoms with Gasteiger partial charge >= 0.3 is 5.97 Å². The molecule has 0 unspecified atom stereocenters. The lowest BCUT2D eigenvalue weighted by molar-refractivity contribution is -0.145. The minimum Gasteiger partial charge on any atom is -0.460 e. The Morgan fingerprint density at radius 3 is 2.76 bits per heavy atom. The van der Waals surface area contributed by atoms with E-state index in [1.165, 1.54) is 6.08 Å². The van der Waals surface area contributed by atoms with Gasteiger partial charge in [0.15, 0.2) is 0 Å². The van der Waals surface area contributed by atoms with E-state index in [2.05, 4.69) is 6.58 Å². The highest BCUT2D eigenvalue weighted by Crippen LogP contribution is 2.00. The molecule has 1 atom stereocenters. The molecule has 1 aromatic rings. The normalized spacial score (nSPS) is 11.8. The van der Waals surface area contributed by atoms with E-state index in [1.807, 2.05) is 30.3 Å². The van der Waals surface area contributed by atoms with Gasteiger partial charge in [-0.1, -0.05) is 43.0 Å². The second-order valence-corrected chi connectivity index (χ2v) is 3.53. The predicted molar refractivity (Wildman–Crippen MR) is 65.2 cm³/mol. The van der Waals surface area contributed by atoms with E-state index in [0.29, 0.717) is 6.61 Å². The van der Waals surface area contributed by atoms with Gasteiger partial charge in [0, 0.05) is 0 Å². The van der Waals surface area contributed by atoms with Gasteiger partial charge in [-0.2, -0.15) is 0 Å². The second kappa shape index (κ2) is 7.60. The Hall–Kier alpha value is -1.65. The highest BCUT2D eigenvalue weighted by molar-refractivity contribution is 5.75. The minimum atomic E-state index is -0.751. The number of hydrogen-bond donors (Lipinski definition) is 1. The molecule has 0 heterocycles. The molecule has 0 fully saturated rings. The van der Waals surface area contributed by atoms with E-state index in [1.54, 1.807) is 0 Å². The van der Waals surface area contributed by atoms with E-state index in [4.69, 9.17) is 15.2 Å². The number of nitrogens with two attached hydrogens (primary N) is 1. The largest absolute Gasteiger partial charge is 0.460 e. The molecule has 0 aliphatic rings. The Kier molecular flexibility index (Phi) is 5.99. The van der Waals surface area contributed by atoms with Crippen molar-refractivity contribution < 1.29 is 14.3 Å². The summed E-state index contributed by atoms with van der Waals surface area (Å²) in [6, 6.07) is 8.93. The van der Waals surface area contributed by atoms with Gasteiger partial charge in [0.05, 0.1) is 13.2 Å². The van der Waals surface area contributed by atoms with Gasteiger partial charge in [-0.25, -0.2) is 0 Å². The van der Waals surface area contributed by atoms with Crippen molar-refractivity contribution in [2.75, 3.05) is 13.2 Å². The molecule has 17 heavy (non-hydrogen) atoms. The van der Waals surface area contributed by atoms with Crippen LogP contribution >= 0.6 is 0 Å². The zero-order valence-corrected chi connectivity index (χ0v) is 9.67. The molecule has 0 saturated carbocycles. The Balaban J connectivity index is 2.22. The summed E-state index contributed by atoms with van der Waals surface area (Å²) in [5, 5.41) is 0. The molecular weight excluding hydrogens is 218 g/mol. The molecule has 0 amide bonds. The Labute approximate surface area is 101 Å². The molecule has 92 valence electrons. The van der Waals surface area contributed by atoms with E-state index in [0.717, 1.165) is 5.56 Å². The van der Waals surface area contributed by atoms with Gasteiger partial charge in [0.2, 0.25) is 0 Å². The van der Waals surface area contributed by atoms with Crippen molar-refractivity contribution in [2.45, 2.75) is 12.6 Å². The molecule has 4 heteroatoms. The van der Waals surface area contributed by atoms with Gasteiger partial charge < -0.3 is 15.2 Å². The third-order valence-electron chi connectivity index (χ3n) is 2.06. The summed E-state index contributed by atoms with van der Waals surface area (Å²) in [6.07, 6.45) is 1.50. The number of carbonyl (C=O) groups is 1. The van der Waals surface area contributed by atoms with E-state index < -0.39 is 12.0 Å². The standard InChI is InChI=1S/C13H17NO3/c1-2-8-17-13(15)12(14)10-16-9-11-6-4-3-5-7-11/h2-7,12H,1,8-10,14H2/t12-/m0/s1. The van der Waals surface area contributed by atoms with Crippen LogP contribution in [0.15, 0.2) is 43.0 Å². The van der Waals surface area contributed by atoms with Crippen LogP contribution < -0.4 is 5.73 Å². The van der Waals surface area contributed by atoms with Crippen molar-refractivity contribution >= 4 is 5.97 Å². The molecule has 0 bridgehead atoms. The fourth-order valence-electron chi connectivity index (χ4n) is 1.19. The van der Waals surface area contributed by atoms with Crippen LogP contribution in [0.25, 0.3) is 0 Å². The van der Waals surface area contributed by atoms with Gasteiger partial charge in [0.1, 0.15) is 12.6 Å². The number of rotatable bonds is 7. The predicted octanol–water partition coefficient (Wildman–Crippen LogP) is 1.26. The molecule has 2 N–H and O–H groups in total. The number of ether oxygens (including phenoxy) is 2. The summed E-state index contributed by atoms with van der Waals surface area (Å²) in [6.45, 7) is 4.19. The highest BCUT2D eigenvalue weighted by Gasteiger charge is 2.14. The smallest absolute Gasteiger partial charge is 0.325 e. The van der Waals surface area contributed by atoms with E-state index in [-0.39, 0.29) is 13.2 Å². The fourth-order valence-corrected chi connectivity index (χ4v) is 1.19. The molecular formula is C13H17NO3. The van der Waals surface area contributed by atoms with Crippen molar-refractivity contribution in [3.05, 3.63) is 48.6 Å². The van der Waals surface area contributed by atoms with Crippen LogP contribution in [0.5, 0.6) is 0 Å². The molecule has 0 saturated heterocycles. The van der Waals surface area contributed by atoms with Gasteiger partial charge in [0.25, 0.3) is 0 Å². The SMILES string of the molecule is C=CCOC(=O)[C@@H](N)COCc1ccccc1. The number of hydrogen-bond acceptors (Lipinski definition) is 4. The molecule has 0 aromatic heterocycles. The monoisotopic (exact) mass is 235 g/mol. The fraction of sp³-hybridized carbons (Fsp3) is 0.308. The molecule has 1 aromatic carbocycles. The lowest BCUT2D eigenvalue weighted by atomic mass is 10.2. The summed E-state index contributed by atoms with van der Waals surface area (Å²) in [7, 11) is 0.